The predicted octanol–water partition coefficient (Wildman–Crippen LogP) is 1.60. The van der Waals surface area contributed by atoms with Crippen LogP contribution in [-0.2, 0) is 13.1 Å². The largest absolute Gasteiger partial charge is 0.395 e. The first-order valence-corrected chi connectivity index (χ1v) is 7.95. The zero-order chi connectivity index (χ0) is 16.1. The van der Waals surface area contributed by atoms with E-state index >= 15 is 0 Å². The van der Waals surface area contributed by atoms with Gasteiger partial charge in [0.1, 0.15) is 0 Å². The van der Waals surface area contributed by atoms with Gasteiger partial charge in [0.15, 0.2) is 0 Å². The first kappa shape index (κ1) is 15.6. The number of carbonyl (C=O) groups is 1. The summed E-state index contributed by atoms with van der Waals surface area (Å²) >= 11 is 0. The molecule has 1 aromatic carbocycles. The van der Waals surface area contributed by atoms with Crippen LogP contribution >= 0.6 is 0 Å². The molecular formula is C17H22N4O2. The summed E-state index contributed by atoms with van der Waals surface area (Å²) in [6, 6.07) is 8.39. The van der Waals surface area contributed by atoms with E-state index in [0.717, 1.165) is 24.9 Å². The second-order valence-electron chi connectivity index (χ2n) is 5.86. The van der Waals surface area contributed by atoms with Crippen molar-refractivity contribution < 1.29 is 9.90 Å². The summed E-state index contributed by atoms with van der Waals surface area (Å²) in [6.07, 6.45) is 7.57. The van der Waals surface area contributed by atoms with Crippen LogP contribution in [0.25, 0.3) is 0 Å². The maximum atomic E-state index is 12.2. The van der Waals surface area contributed by atoms with Gasteiger partial charge in [-0.05, 0) is 24.0 Å². The molecule has 0 aliphatic heterocycles. The Morgan fingerprint density at radius 3 is 2.65 bits per heavy atom. The van der Waals surface area contributed by atoms with Crippen LogP contribution in [0, 0.1) is 0 Å². The molecule has 2 N–H and O–H groups in total. The molecule has 3 rings (SSSR count). The number of urea groups is 1. The number of rotatable bonds is 7. The van der Waals surface area contributed by atoms with Crippen LogP contribution < -0.4 is 5.32 Å². The van der Waals surface area contributed by atoms with E-state index < -0.39 is 0 Å². The molecular weight excluding hydrogens is 292 g/mol. The van der Waals surface area contributed by atoms with Gasteiger partial charge in [0, 0.05) is 38.1 Å². The number of hydrogen-bond donors (Lipinski definition) is 2. The van der Waals surface area contributed by atoms with Crippen molar-refractivity contribution in [1.82, 2.24) is 19.8 Å². The van der Waals surface area contributed by atoms with Gasteiger partial charge in [0.25, 0.3) is 0 Å². The summed E-state index contributed by atoms with van der Waals surface area (Å²) in [5.41, 5.74) is 2.26. The van der Waals surface area contributed by atoms with Gasteiger partial charge in [-0.15, -0.1) is 0 Å². The van der Waals surface area contributed by atoms with Crippen molar-refractivity contribution in [3.8, 4) is 0 Å². The molecule has 1 aromatic heterocycles. The lowest BCUT2D eigenvalue weighted by atomic mass is 10.1. The number of hydrogen-bond acceptors (Lipinski definition) is 3. The SMILES string of the molecule is O=C(NCc1ccc(Cn2ccnc2)cc1)N(CCO)C1CC1. The Balaban J connectivity index is 1.50. The summed E-state index contributed by atoms with van der Waals surface area (Å²) < 4.78 is 2.01. The standard InChI is InChI=1S/C17H22N4O2/c22-10-9-21(16-5-6-16)17(23)19-11-14-1-3-15(4-2-14)12-20-8-7-18-13-20/h1-4,7-8,13,16,22H,5-6,9-12H2,(H,19,23). The molecule has 23 heavy (non-hydrogen) atoms. The zero-order valence-electron chi connectivity index (χ0n) is 13.1. The van der Waals surface area contributed by atoms with Crippen molar-refractivity contribution in [2.45, 2.75) is 32.0 Å². The number of imidazole rings is 1. The fourth-order valence-corrected chi connectivity index (χ4v) is 2.58. The van der Waals surface area contributed by atoms with Gasteiger partial charge < -0.3 is 19.9 Å². The molecule has 2 aromatic rings. The van der Waals surface area contributed by atoms with Crippen molar-refractivity contribution in [3.63, 3.8) is 0 Å². The Morgan fingerprint density at radius 2 is 2.04 bits per heavy atom. The Kier molecular flexibility index (Phi) is 4.92. The number of carbonyl (C=O) groups excluding carboxylic acids is 1. The van der Waals surface area contributed by atoms with E-state index in [9.17, 15) is 4.79 Å². The number of nitrogens with zero attached hydrogens (tertiary/aromatic N) is 3. The molecule has 1 aliphatic carbocycles. The summed E-state index contributed by atoms with van der Waals surface area (Å²) in [5.74, 6) is 0. The van der Waals surface area contributed by atoms with Crippen LogP contribution in [-0.4, -0.2) is 44.8 Å². The molecule has 0 saturated heterocycles. The average Bonchev–Trinajstić information content (AvgIpc) is 3.28. The van der Waals surface area contributed by atoms with Crippen molar-refractivity contribution in [2.75, 3.05) is 13.2 Å². The van der Waals surface area contributed by atoms with Crippen LogP contribution in [0.3, 0.4) is 0 Å². The Labute approximate surface area is 135 Å². The van der Waals surface area contributed by atoms with E-state index in [1.807, 2.05) is 22.9 Å². The van der Waals surface area contributed by atoms with Crippen LogP contribution in [0.5, 0.6) is 0 Å². The number of amides is 2. The van der Waals surface area contributed by atoms with E-state index in [4.69, 9.17) is 5.11 Å². The molecule has 0 radical (unpaired) electrons. The van der Waals surface area contributed by atoms with Crippen molar-refractivity contribution in [1.29, 1.82) is 0 Å². The molecule has 1 heterocycles. The van der Waals surface area contributed by atoms with Crippen molar-refractivity contribution in [2.24, 2.45) is 0 Å². The second kappa shape index (κ2) is 7.28. The van der Waals surface area contributed by atoms with E-state index in [0.29, 0.717) is 19.1 Å². The number of aromatic nitrogens is 2. The highest BCUT2D eigenvalue weighted by Gasteiger charge is 2.31. The predicted molar refractivity (Wildman–Crippen MR) is 86.8 cm³/mol. The van der Waals surface area contributed by atoms with Gasteiger partial charge in [0.2, 0.25) is 0 Å². The van der Waals surface area contributed by atoms with Gasteiger partial charge in [0.05, 0.1) is 12.9 Å². The van der Waals surface area contributed by atoms with Crippen molar-refractivity contribution in [3.05, 3.63) is 54.1 Å². The highest BCUT2D eigenvalue weighted by Crippen LogP contribution is 2.26. The molecule has 0 atom stereocenters. The second-order valence-corrected chi connectivity index (χ2v) is 5.86. The third kappa shape index (κ3) is 4.32. The van der Waals surface area contributed by atoms with Gasteiger partial charge in [-0.2, -0.15) is 0 Å². The number of aliphatic hydroxyl groups excluding tert-OH is 1. The van der Waals surface area contributed by atoms with Gasteiger partial charge in [-0.25, -0.2) is 9.78 Å². The topological polar surface area (TPSA) is 70.4 Å². The lowest BCUT2D eigenvalue weighted by molar-refractivity contribution is 0.173. The normalized spacial score (nSPS) is 13.8. The van der Waals surface area contributed by atoms with E-state index in [-0.39, 0.29) is 12.6 Å². The van der Waals surface area contributed by atoms with Gasteiger partial charge in [-0.3, -0.25) is 0 Å². The monoisotopic (exact) mass is 314 g/mol. The number of aliphatic hydroxyl groups is 1. The van der Waals surface area contributed by atoms with E-state index in [1.165, 1.54) is 5.56 Å². The highest BCUT2D eigenvalue weighted by atomic mass is 16.3. The molecule has 1 fully saturated rings. The molecule has 0 spiro atoms. The summed E-state index contributed by atoms with van der Waals surface area (Å²) in [7, 11) is 0. The minimum absolute atomic E-state index is 0.00681. The molecule has 2 amide bonds. The lowest BCUT2D eigenvalue weighted by Crippen LogP contribution is -2.42. The third-order valence-corrected chi connectivity index (χ3v) is 3.98. The van der Waals surface area contributed by atoms with Gasteiger partial charge >= 0.3 is 6.03 Å². The molecule has 1 saturated carbocycles. The molecule has 1 aliphatic rings. The molecule has 6 nitrogen and oxygen atoms in total. The van der Waals surface area contributed by atoms with Gasteiger partial charge in [-0.1, -0.05) is 24.3 Å². The summed E-state index contributed by atoms with van der Waals surface area (Å²) in [4.78, 5) is 17.9. The fourth-order valence-electron chi connectivity index (χ4n) is 2.58. The smallest absolute Gasteiger partial charge is 0.317 e. The lowest BCUT2D eigenvalue weighted by Gasteiger charge is -2.21. The summed E-state index contributed by atoms with van der Waals surface area (Å²) in [5, 5.41) is 12.0. The van der Waals surface area contributed by atoms with E-state index in [1.54, 1.807) is 17.4 Å². The first-order valence-electron chi connectivity index (χ1n) is 7.95. The zero-order valence-corrected chi connectivity index (χ0v) is 13.1. The summed E-state index contributed by atoms with van der Waals surface area (Å²) in [6.45, 7) is 1.70. The number of nitrogens with one attached hydrogen (secondary N) is 1. The minimum atomic E-state index is -0.0935. The van der Waals surface area contributed by atoms with E-state index in [2.05, 4.69) is 22.4 Å². The minimum Gasteiger partial charge on any atom is -0.395 e. The van der Waals surface area contributed by atoms with Crippen LogP contribution in [0.15, 0.2) is 43.0 Å². The fraction of sp³-hybridized carbons (Fsp3) is 0.412. The van der Waals surface area contributed by atoms with Crippen LogP contribution in [0.1, 0.15) is 24.0 Å². The maximum absolute atomic E-state index is 12.2. The third-order valence-electron chi connectivity index (χ3n) is 3.98. The molecule has 122 valence electrons. The Bertz CT molecular complexity index is 621. The molecule has 6 heteroatoms. The maximum Gasteiger partial charge on any atom is 0.317 e. The quantitative estimate of drug-likeness (QED) is 0.815. The molecule has 0 unspecified atom stereocenters. The average molecular weight is 314 g/mol. The Morgan fingerprint density at radius 1 is 1.30 bits per heavy atom. The highest BCUT2D eigenvalue weighted by molar-refractivity contribution is 5.74. The van der Waals surface area contributed by atoms with Crippen molar-refractivity contribution >= 4 is 6.03 Å². The van der Waals surface area contributed by atoms with Crippen LogP contribution in [0.4, 0.5) is 4.79 Å². The Hall–Kier alpha value is -2.34. The van der Waals surface area contributed by atoms with Crippen LogP contribution in [0.2, 0.25) is 0 Å². The first-order chi connectivity index (χ1) is 11.3. The number of benzene rings is 1. The molecule has 0 bridgehead atoms.